The summed E-state index contributed by atoms with van der Waals surface area (Å²) in [7, 11) is 0. The lowest BCUT2D eigenvalue weighted by Gasteiger charge is -2.13. The number of hydrogen-bond acceptors (Lipinski definition) is 7. The summed E-state index contributed by atoms with van der Waals surface area (Å²) in [5.74, 6) is 0.0308. The molecule has 5 rings (SSSR count). The van der Waals surface area contributed by atoms with Crippen LogP contribution >= 0.6 is 11.3 Å². The standard InChI is InChI=1S/C21H16N4O5S/c26-18(8-14-20(28)22-13-4-2-1-3-12(13)19(27)23-14)25-21-24-15(9-31-21)11-5-6-16-17(7-11)30-10-29-16/h1-7,9,14H,8,10H2,(H,22,28)(H,23,27)(H,24,25,26)/t14-/m1/s1. The van der Waals surface area contributed by atoms with Gasteiger partial charge in [-0.15, -0.1) is 11.3 Å². The van der Waals surface area contributed by atoms with Crippen molar-refractivity contribution in [3.05, 3.63) is 53.4 Å². The van der Waals surface area contributed by atoms with E-state index in [4.69, 9.17) is 9.47 Å². The molecular formula is C21H16N4O5S. The molecule has 2 aliphatic rings. The molecule has 1 aromatic heterocycles. The van der Waals surface area contributed by atoms with Gasteiger partial charge < -0.3 is 25.4 Å². The van der Waals surface area contributed by atoms with Crippen LogP contribution in [0, 0.1) is 0 Å². The summed E-state index contributed by atoms with van der Waals surface area (Å²) in [4.78, 5) is 41.8. The number of aromatic nitrogens is 1. The number of amides is 3. The summed E-state index contributed by atoms with van der Waals surface area (Å²) >= 11 is 1.26. The smallest absolute Gasteiger partial charge is 0.254 e. The average molecular weight is 436 g/mol. The van der Waals surface area contributed by atoms with E-state index in [0.717, 1.165) is 5.56 Å². The first kappa shape index (κ1) is 19.1. The number of ether oxygens (including phenoxy) is 2. The van der Waals surface area contributed by atoms with Crippen molar-refractivity contribution in [1.82, 2.24) is 10.3 Å². The minimum atomic E-state index is -0.992. The highest BCUT2D eigenvalue weighted by molar-refractivity contribution is 7.14. The number of thiazole rings is 1. The third-order valence-electron chi connectivity index (χ3n) is 4.86. The Morgan fingerprint density at radius 3 is 2.90 bits per heavy atom. The van der Waals surface area contributed by atoms with Crippen LogP contribution in [0.2, 0.25) is 0 Å². The Labute approximate surface area is 180 Å². The first-order chi connectivity index (χ1) is 15.1. The summed E-state index contributed by atoms with van der Waals surface area (Å²) in [5.41, 5.74) is 2.27. The summed E-state index contributed by atoms with van der Waals surface area (Å²) in [6.07, 6.45) is -0.218. The lowest BCUT2D eigenvalue weighted by atomic mass is 10.1. The number of nitrogens with one attached hydrogen (secondary N) is 3. The van der Waals surface area contributed by atoms with Crippen molar-refractivity contribution >= 4 is 39.9 Å². The van der Waals surface area contributed by atoms with Crippen molar-refractivity contribution in [2.45, 2.75) is 12.5 Å². The number of para-hydroxylation sites is 1. The molecule has 0 radical (unpaired) electrons. The third kappa shape index (κ3) is 3.80. The lowest BCUT2D eigenvalue weighted by Crippen LogP contribution is -2.43. The predicted molar refractivity (Wildman–Crippen MR) is 113 cm³/mol. The molecular weight excluding hydrogens is 420 g/mol. The number of carbonyl (C=O) groups excluding carboxylic acids is 3. The van der Waals surface area contributed by atoms with E-state index in [9.17, 15) is 14.4 Å². The molecule has 0 fully saturated rings. The van der Waals surface area contributed by atoms with Crippen LogP contribution in [0.25, 0.3) is 11.3 Å². The van der Waals surface area contributed by atoms with Gasteiger partial charge in [-0.25, -0.2) is 4.98 Å². The number of benzene rings is 2. The Kier molecular flexibility index (Phi) is 4.75. The Hall–Kier alpha value is -3.92. The molecule has 0 aliphatic carbocycles. The van der Waals surface area contributed by atoms with Crippen LogP contribution in [0.3, 0.4) is 0 Å². The van der Waals surface area contributed by atoms with Gasteiger partial charge in [0.25, 0.3) is 5.91 Å². The molecule has 9 nitrogen and oxygen atoms in total. The molecule has 0 spiro atoms. The van der Waals surface area contributed by atoms with E-state index >= 15 is 0 Å². The van der Waals surface area contributed by atoms with Crippen LogP contribution in [0.5, 0.6) is 11.5 Å². The zero-order valence-corrected chi connectivity index (χ0v) is 16.8. The number of carbonyl (C=O) groups is 3. The van der Waals surface area contributed by atoms with Gasteiger partial charge in [0.2, 0.25) is 18.6 Å². The minimum absolute atomic E-state index is 0.188. The number of fused-ring (bicyclic) bond motifs is 2. The van der Waals surface area contributed by atoms with Gasteiger partial charge in [0.05, 0.1) is 23.4 Å². The summed E-state index contributed by atoms with van der Waals surface area (Å²) in [6, 6.07) is 11.2. The first-order valence-corrected chi connectivity index (χ1v) is 10.3. The van der Waals surface area contributed by atoms with Gasteiger partial charge in [0.1, 0.15) is 6.04 Å². The van der Waals surface area contributed by atoms with E-state index in [1.807, 2.05) is 17.5 Å². The Balaban J connectivity index is 1.25. The van der Waals surface area contributed by atoms with Crippen LogP contribution in [0.4, 0.5) is 10.8 Å². The second-order valence-corrected chi connectivity index (χ2v) is 7.78. The second-order valence-electron chi connectivity index (χ2n) is 6.92. The molecule has 2 aliphatic heterocycles. The molecule has 10 heteroatoms. The molecule has 31 heavy (non-hydrogen) atoms. The average Bonchev–Trinajstić information content (AvgIpc) is 3.39. The van der Waals surface area contributed by atoms with Crippen molar-refractivity contribution in [3.63, 3.8) is 0 Å². The zero-order chi connectivity index (χ0) is 21.4. The van der Waals surface area contributed by atoms with Crippen LogP contribution < -0.4 is 25.4 Å². The molecule has 0 unspecified atom stereocenters. The van der Waals surface area contributed by atoms with E-state index in [0.29, 0.717) is 33.6 Å². The van der Waals surface area contributed by atoms with Crippen molar-refractivity contribution in [2.75, 3.05) is 17.4 Å². The molecule has 3 heterocycles. The Morgan fingerprint density at radius 2 is 2.00 bits per heavy atom. The molecule has 3 N–H and O–H groups in total. The SMILES string of the molecule is O=C(C[C@H]1NC(=O)c2ccccc2NC1=O)Nc1nc(-c2ccc3c(c2)OCO3)cs1. The van der Waals surface area contributed by atoms with Gasteiger partial charge in [-0.1, -0.05) is 12.1 Å². The highest BCUT2D eigenvalue weighted by Gasteiger charge is 2.29. The number of rotatable bonds is 4. The monoisotopic (exact) mass is 436 g/mol. The minimum Gasteiger partial charge on any atom is -0.454 e. The van der Waals surface area contributed by atoms with Crippen molar-refractivity contribution in [3.8, 4) is 22.8 Å². The maximum atomic E-state index is 12.5. The van der Waals surface area contributed by atoms with Gasteiger partial charge in [0.15, 0.2) is 16.6 Å². The highest BCUT2D eigenvalue weighted by Crippen LogP contribution is 2.36. The maximum absolute atomic E-state index is 12.5. The van der Waals surface area contributed by atoms with Crippen LogP contribution in [0.1, 0.15) is 16.8 Å². The zero-order valence-electron chi connectivity index (χ0n) is 16.0. The third-order valence-corrected chi connectivity index (χ3v) is 5.62. The molecule has 2 aromatic carbocycles. The highest BCUT2D eigenvalue weighted by atomic mass is 32.1. The molecule has 3 aromatic rings. The van der Waals surface area contributed by atoms with E-state index in [1.54, 1.807) is 30.3 Å². The predicted octanol–water partition coefficient (Wildman–Crippen LogP) is 2.62. The number of hydrogen-bond donors (Lipinski definition) is 3. The van der Waals surface area contributed by atoms with Gasteiger partial charge in [-0.2, -0.15) is 0 Å². The summed E-state index contributed by atoms with van der Waals surface area (Å²) < 4.78 is 10.7. The lowest BCUT2D eigenvalue weighted by molar-refractivity contribution is -0.122. The quantitative estimate of drug-likeness (QED) is 0.579. The van der Waals surface area contributed by atoms with Gasteiger partial charge >= 0.3 is 0 Å². The maximum Gasteiger partial charge on any atom is 0.254 e. The van der Waals surface area contributed by atoms with Crippen molar-refractivity contribution < 1.29 is 23.9 Å². The second kappa shape index (κ2) is 7.73. The summed E-state index contributed by atoms with van der Waals surface area (Å²) in [5, 5.41) is 10.2. The van der Waals surface area contributed by atoms with E-state index in [2.05, 4.69) is 20.9 Å². The number of nitrogens with zero attached hydrogens (tertiary/aromatic N) is 1. The number of anilines is 2. The normalized spacial score (nSPS) is 16.7. The van der Waals surface area contributed by atoms with Gasteiger partial charge in [0, 0.05) is 10.9 Å². The molecule has 0 bridgehead atoms. The Morgan fingerprint density at radius 1 is 1.16 bits per heavy atom. The molecule has 0 saturated carbocycles. The fourth-order valence-electron chi connectivity index (χ4n) is 3.33. The first-order valence-electron chi connectivity index (χ1n) is 9.43. The van der Waals surface area contributed by atoms with E-state index < -0.39 is 23.8 Å². The van der Waals surface area contributed by atoms with Gasteiger partial charge in [-0.3, -0.25) is 14.4 Å². The van der Waals surface area contributed by atoms with Crippen LogP contribution in [0.15, 0.2) is 47.8 Å². The summed E-state index contributed by atoms with van der Waals surface area (Å²) in [6.45, 7) is 0.188. The van der Waals surface area contributed by atoms with Gasteiger partial charge in [-0.05, 0) is 30.3 Å². The fourth-order valence-corrected chi connectivity index (χ4v) is 4.07. The van der Waals surface area contributed by atoms with Crippen LogP contribution in [-0.4, -0.2) is 35.5 Å². The van der Waals surface area contributed by atoms with E-state index in [1.165, 1.54) is 11.3 Å². The molecule has 1 atom stereocenters. The molecule has 0 saturated heterocycles. The Bertz CT molecular complexity index is 1210. The van der Waals surface area contributed by atoms with Crippen molar-refractivity contribution in [1.29, 1.82) is 0 Å². The largest absolute Gasteiger partial charge is 0.454 e. The fraction of sp³-hybridized carbons (Fsp3) is 0.143. The van der Waals surface area contributed by atoms with E-state index in [-0.39, 0.29) is 13.2 Å². The molecule has 3 amide bonds. The van der Waals surface area contributed by atoms with Crippen molar-refractivity contribution in [2.24, 2.45) is 0 Å². The van der Waals surface area contributed by atoms with Crippen LogP contribution in [-0.2, 0) is 9.59 Å². The molecule has 156 valence electrons. The topological polar surface area (TPSA) is 119 Å².